The molecule has 0 aromatic heterocycles. The molecule has 20 heavy (non-hydrogen) atoms. The molecule has 4 nitrogen and oxygen atoms in total. The van der Waals surface area contributed by atoms with E-state index in [4.69, 9.17) is 10.4 Å². The average molecular weight is 277 g/mol. The van der Waals surface area contributed by atoms with E-state index in [0.717, 1.165) is 38.2 Å². The number of aliphatic hydroxyl groups excluding tert-OH is 1. The molecule has 1 aromatic carbocycles. The number of hydrogen-bond donors (Lipinski definition) is 1. The van der Waals surface area contributed by atoms with Crippen molar-refractivity contribution < 1.29 is 9.50 Å². The molecule has 1 heterocycles. The monoisotopic (exact) mass is 277 g/mol. The molecule has 0 bridgehead atoms. The van der Waals surface area contributed by atoms with Crippen molar-refractivity contribution in [3.8, 4) is 6.07 Å². The quantitative estimate of drug-likeness (QED) is 0.898. The van der Waals surface area contributed by atoms with Crippen LogP contribution in [-0.4, -0.2) is 54.2 Å². The largest absolute Gasteiger partial charge is 0.395 e. The molecule has 0 spiro atoms. The number of nitrogens with zero attached hydrogens (tertiary/aromatic N) is 3. The van der Waals surface area contributed by atoms with Crippen molar-refractivity contribution in [2.45, 2.75) is 13.0 Å². The van der Waals surface area contributed by atoms with Gasteiger partial charge in [0.2, 0.25) is 0 Å². The molecule has 0 unspecified atom stereocenters. The van der Waals surface area contributed by atoms with Gasteiger partial charge in [-0.05, 0) is 43.3 Å². The predicted octanol–water partition coefficient (Wildman–Crippen LogP) is 1.20. The molecule has 2 rings (SSSR count). The molecule has 1 aliphatic heterocycles. The maximum atomic E-state index is 13.3. The molecule has 108 valence electrons. The summed E-state index contributed by atoms with van der Waals surface area (Å²) < 4.78 is 13.3. The van der Waals surface area contributed by atoms with Crippen molar-refractivity contribution >= 4 is 0 Å². The van der Waals surface area contributed by atoms with Crippen LogP contribution in [0, 0.1) is 17.1 Å². The Morgan fingerprint density at radius 2 is 1.95 bits per heavy atom. The number of rotatable bonds is 4. The van der Waals surface area contributed by atoms with Gasteiger partial charge < -0.3 is 5.11 Å². The number of benzene rings is 1. The molecular formula is C15H20FN3O. The van der Waals surface area contributed by atoms with Crippen molar-refractivity contribution in [1.82, 2.24) is 9.80 Å². The first-order valence-electron chi connectivity index (χ1n) is 6.97. The summed E-state index contributed by atoms with van der Waals surface area (Å²) in [5.74, 6) is -0.296. The first kappa shape index (κ1) is 14.9. The van der Waals surface area contributed by atoms with Crippen LogP contribution in [0.1, 0.15) is 17.5 Å². The van der Waals surface area contributed by atoms with Crippen LogP contribution < -0.4 is 0 Å². The molecule has 0 saturated carbocycles. The van der Waals surface area contributed by atoms with Crippen LogP contribution in [0.5, 0.6) is 0 Å². The highest BCUT2D eigenvalue weighted by Gasteiger charge is 2.16. The molecule has 0 radical (unpaired) electrons. The van der Waals surface area contributed by atoms with Gasteiger partial charge in [0.25, 0.3) is 0 Å². The number of hydrogen-bond acceptors (Lipinski definition) is 4. The molecular weight excluding hydrogens is 257 g/mol. The topological polar surface area (TPSA) is 50.5 Å². The lowest BCUT2D eigenvalue weighted by Gasteiger charge is -2.21. The molecule has 0 amide bonds. The maximum Gasteiger partial charge on any atom is 0.123 e. The first-order chi connectivity index (χ1) is 9.72. The molecule has 1 aliphatic rings. The summed E-state index contributed by atoms with van der Waals surface area (Å²) in [5.41, 5.74) is 1.30. The van der Waals surface area contributed by atoms with Crippen molar-refractivity contribution in [3.05, 3.63) is 35.1 Å². The number of β-amino-alcohol motifs (C(OH)–C–C–N with tert-alkyl or cyclic N) is 1. The highest BCUT2D eigenvalue weighted by atomic mass is 19.1. The fraction of sp³-hybridized carbons (Fsp3) is 0.533. The lowest BCUT2D eigenvalue weighted by molar-refractivity contribution is 0.196. The van der Waals surface area contributed by atoms with Crippen molar-refractivity contribution in [2.24, 2.45) is 0 Å². The van der Waals surface area contributed by atoms with Gasteiger partial charge in [-0.1, -0.05) is 0 Å². The van der Waals surface area contributed by atoms with Gasteiger partial charge in [0.05, 0.1) is 18.2 Å². The second-order valence-electron chi connectivity index (χ2n) is 5.11. The van der Waals surface area contributed by atoms with Gasteiger partial charge in [-0.2, -0.15) is 5.26 Å². The zero-order valence-electron chi connectivity index (χ0n) is 11.6. The third kappa shape index (κ3) is 4.01. The average Bonchev–Trinajstić information content (AvgIpc) is 2.65. The van der Waals surface area contributed by atoms with Crippen LogP contribution in [0.15, 0.2) is 18.2 Å². The third-order valence-electron chi connectivity index (χ3n) is 3.68. The number of halogens is 1. The van der Waals surface area contributed by atoms with E-state index in [2.05, 4.69) is 15.9 Å². The van der Waals surface area contributed by atoms with E-state index in [1.807, 2.05) is 0 Å². The Labute approximate surface area is 119 Å². The van der Waals surface area contributed by atoms with Crippen LogP contribution in [0.25, 0.3) is 0 Å². The van der Waals surface area contributed by atoms with E-state index in [1.54, 1.807) is 6.07 Å². The molecule has 5 heteroatoms. The molecule has 1 saturated heterocycles. The van der Waals surface area contributed by atoms with E-state index in [1.165, 1.54) is 12.1 Å². The first-order valence-corrected chi connectivity index (χ1v) is 6.97. The molecule has 1 N–H and O–H groups in total. The Morgan fingerprint density at radius 3 is 2.70 bits per heavy atom. The van der Waals surface area contributed by atoms with Crippen LogP contribution in [0.2, 0.25) is 0 Å². The smallest absolute Gasteiger partial charge is 0.123 e. The number of aliphatic hydroxyl groups is 1. The summed E-state index contributed by atoms with van der Waals surface area (Å²) in [6.45, 7) is 5.18. The molecule has 1 aromatic rings. The van der Waals surface area contributed by atoms with E-state index in [-0.39, 0.29) is 12.4 Å². The number of nitriles is 1. The lowest BCUT2D eigenvalue weighted by Crippen LogP contribution is -2.32. The van der Waals surface area contributed by atoms with Gasteiger partial charge in [-0.25, -0.2) is 4.39 Å². The summed E-state index contributed by atoms with van der Waals surface area (Å²) >= 11 is 0. The van der Waals surface area contributed by atoms with Gasteiger partial charge in [0.15, 0.2) is 0 Å². The van der Waals surface area contributed by atoms with Crippen LogP contribution in [0.4, 0.5) is 4.39 Å². The molecule has 0 aliphatic carbocycles. The second-order valence-corrected chi connectivity index (χ2v) is 5.11. The Hall–Kier alpha value is -1.48. The zero-order chi connectivity index (χ0) is 14.4. The van der Waals surface area contributed by atoms with Crippen molar-refractivity contribution in [2.75, 3.05) is 39.3 Å². The fourth-order valence-corrected chi connectivity index (χ4v) is 2.59. The van der Waals surface area contributed by atoms with E-state index in [0.29, 0.717) is 18.7 Å². The van der Waals surface area contributed by atoms with Crippen LogP contribution in [-0.2, 0) is 6.54 Å². The Kier molecular flexibility index (Phi) is 5.48. The SMILES string of the molecule is N#Cc1ccc(F)cc1CN1CCCN(CCO)CC1. The van der Waals surface area contributed by atoms with Gasteiger partial charge in [-0.15, -0.1) is 0 Å². The molecule has 0 atom stereocenters. The third-order valence-corrected chi connectivity index (χ3v) is 3.68. The normalized spacial score (nSPS) is 17.6. The lowest BCUT2D eigenvalue weighted by atomic mass is 10.1. The summed E-state index contributed by atoms with van der Waals surface area (Å²) in [7, 11) is 0. The summed E-state index contributed by atoms with van der Waals surface area (Å²) in [4.78, 5) is 4.48. The Bertz CT molecular complexity index is 486. The minimum Gasteiger partial charge on any atom is -0.395 e. The van der Waals surface area contributed by atoms with Crippen LogP contribution in [0.3, 0.4) is 0 Å². The van der Waals surface area contributed by atoms with E-state index in [9.17, 15) is 4.39 Å². The van der Waals surface area contributed by atoms with E-state index >= 15 is 0 Å². The minimum absolute atomic E-state index is 0.183. The zero-order valence-corrected chi connectivity index (χ0v) is 11.6. The van der Waals surface area contributed by atoms with E-state index < -0.39 is 0 Å². The molecule has 1 fully saturated rings. The standard InChI is InChI=1S/C15H20FN3O/c16-15-3-2-13(11-17)14(10-15)12-19-5-1-4-18(6-7-19)8-9-20/h2-3,10,20H,1,4-9,12H2. The Morgan fingerprint density at radius 1 is 1.20 bits per heavy atom. The fourth-order valence-electron chi connectivity index (χ4n) is 2.59. The van der Waals surface area contributed by atoms with Gasteiger partial charge in [0, 0.05) is 26.2 Å². The highest BCUT2D eigenvalue weighted by Crippen LogP contribution is 2.14. The van der Waals surface area contributed by atoms with Crippen LogP contribution >= 0.6 is 0 Å². The summed E-state index contributed by atoms with van der Waals surface area (Å²) in [6.07, 6.45) is 1.03. The van der Waals surface area contributed by atoms with Gasteiger partial charge >= 0.3 is 0 Å². The Balaban J connectivity index is 2.00. The van der Waals surface area contributed by atoms with Gasteiger partial charge in [0.1, 0.15) is 5.82 Å². The van der Waals surface area contributed by atoms with Crippen molar-refractivity contribution in [3.63, 3.8) is 0 Å². The maximum absolute atomic E-state index is 13.3. The predicted molar refractivity (Wildman–Crippen MR) is 74.5 cm³/mol. The highest BCUT2D eigenvalue weighted by molar-refractivity contribution is 5.37. The summed E-state index contributed by atoms with van der Waals surface area (Å²) in [5, 5.41) is 18.1. The summed E-state index contributed by atoms with van der Waals surface area (Å²) in [6, 6.07) is 6.44. The minimum atomic E-state index is -0.296. The second kappa shape index (κ2) is 7.34. The van der Waals surface area contributed by atoms with Gasteiger partial charge in [-0.3, -0.25) is 9.80 Å². The van der Waals surface area contributed by atoms with Crippen molar-refractivity contribution in [1.29, 1.82) is 5.26 Å².